The lowest BCUT2D eigenvalue weighted by atomic mass is 10.1. The van der Waals surface area contributed by atoms with Gasteiger partial charge in [-0.2, -0.15) is 0 Å². The van der Waals surface area contributed by atoms with Crippen molar-refractivity contribution in [2.75, 3.05) is 18.4 Å². The lowest BCUT2D eigenvalue weighted by molar-refractivity contribution is -0.144. The highest BCUT2D eigenvalue weighted by Crippen LogP contribution is 2.13. The molecule has 0 aromatic heterocycles. The van der Waals surface area contributed by atoms with Crippen LogP contribution in [0.15, 0.2) is 84.9 Å². The Kier molecular flexibility index (Phi) is 14.2. The molecule has 47 heavy (non-hydrogen) atoms. The van der Waals surface area contributed by atoms with Gasteiger partial charge in [0.15, 0.2) is 0 Å². The average Bonchev–Trinajstić information content (AvgIpc) is 3.04. The number of anilines is 1. The standard InChI is InChI=1S/C35H42N4O8/c1-35(2,3)47-34(44)39-29(18-11-20-37-33(43)46-24-26-14-8-5-9-15-26)32(42)38-28-17-10-16-27(22-28)31(41)36-21-19-30(40)45-23-25-12-6-4-7-13-25/h4-10,12-17,22,29H,11,18-21,23-24H2,1-3H3,(H,36,41)(H,37,43)(H,38,42)(H,39,44)/t29-/m0/s1. The van der Waals surface area contributed by atoms with E-state index in [-0.39, 0.29) is 44.7 Å². The molecule has 4 amide bonds. The Bertz CT molecular complexity index is 1480. The molecule has 0 bridgehead atoms. The maximum absolute atomic E-state index is 13.2. The van der Waals surface area contributed by atoms with Crippen molar-refractivity contribution in [3.05, 3.63) is 102 Å². The first kappa shape index (κ1) is 36.1. The van der Waals surface area contributed by atoms with E-state index in [2.05, 4.69) is 21.3 Å². The van der Waals surface area contributed by atoms with Crippen LogP contribution < -0.4 is 21.3 Å². The second kappa shape index (κ2) is 18.5. The molecular weight excluding hydrogens is 604 g/mol. The van der Waals surface area contributed by atoms with E-state index in [0.717, 1.165) is 11.1 Å². The van der Waals surface area contributed by atoms with E-state index in [4.69, 9.17) is 14.2 Å². The minimum atomic E-state index is -1.01. The van der Waals surface area contributed by atoms with Crippen molar-refractivity contribution < 1.29 is 38.2 Å². The van der Waals surface area contributed by atoms with Gasteiger partial charge in [0.25, 0.3) is 5.91 Å². The van der Waals surface area contributed by atoms with E-state index >= 15 is 0 Å². The summed E-state index contributed by atoms with van der Waals surface area (Å²) in [7, 11) is 0. The number of ether oxygens (including phenoxy) is 3. The van der Waals surface area contributed by atoms with Crippen molar-refractivity contribution in [3.63, 3.8) is 0 Å². The van der Waals surface area contributed by atoms with Crippen LogP contribution in [0.1, 0.15) is 61.5 Å². The summed E-state index contributed by atoms with van der Waals surface area (Å²) in [6.45, 7) is 5.65. The van der Waals surface area contributed by atoms with Crippen LogP contribution in [-0.2, 0) is 37.0 Å². The fraction of sp³-hybridized carbons (Fsp3) is 0.343. The molecule has 0 fully saturated rings. The molecule has 3 aromatic rings. The SMILES string of the molecule is CC(C)(C)OC(=O)N[C@@H](CCCNC(=O)OCc1ccccc1)C(=O)Nc1cccc(C(=O)NCCC(=O)OCc2ccccc2)c1. The van der Waals surface area contributed by atoms with Crippen LogP contribution in [0.3, 0.4) is 0 Å². The quantitative estimate of drug-likeness (QED) is 0.101. The number of alkyl carbamates (subject to hydrolysis) is 2. The summed E-state index contributed by atoms with van der Waals surface area (Å²) in [5.41, 5.74) is 1.51. The number of amides is 4. The van der Waals surface area contributed by atoms with E-state index in [9.17, 15) is 24.0 Å². The van der Waals surface area contributed by atoms with Gasteiger partial charge in [0.2, 0.25) is 5.91 Å². The summed E-state index contributed by atoms with van der Waals surface area (Å²) >= 11 is 0. The van der Waals surface area contributed by atoms with Crippen LogP contribution in [-0.4, -0.2) is 54.7 Å². The molecule has 0 saturated carbocycles. The average molecular weight is 647 g/mol. The topological polar surface area (TPSA) is 161 Å². The summed E-state index contributed by atoms with van der Waals surface area (Å²) in [6.07, 6.45) is -0.876. The predicted molar refractivity (Wildman–Crippen MR) is 175 cm³/mol. The Balaban J connectivity index is 1.49. The fourth-order valence-corrected chi connectivity index (χ4v) is 4.15. The Morgan fingerprint density at radius 3 is 2.00 bits per heavy atom. The van der Waals surface area contributed by atoms with Crippen molar-refractivity contribution in [3.8, 4) is 0 Å². The van der Waals surface area contributed by atoms with Gasteiger partial charge in [-0.15, -0.1) is 0 Å². The van der Waals surface area contributed by atoms with Crippen LogP contribution in [0.2, 0.25) is 0 Å². The molecule has 0 saturated heterocycles. The van der Waals surface area contributed by atoms with Gasteiger partial charge in [-0.1, -0.05) is 66.7 Å². The monoisotopic (exact) mass is 646 g/mol. The van der Waals surface area contributed by atoms with Gasteiger partial charge in [-0.3, -0.25) is 14.4 Å². The number of carbonyl (C=O) groups excluding carboxylic acids is 5. The molecule has 3 aromatic carbocycles. The Hall–Kier alpha value is -5.39. The number of carbonyl (C=O) groups is 5. The molecule has 0 aliphatic heterocycles. The predicted octanol–water partition coefficient (Wildman–Crippen LogP) is 5.09. The summed E-state index contributed by atoms with van der Waals surface area (Å²) in [5, 5.41) is 10.6. The van der Waals surface area contributed by atoms with Gasteiger partial charge in [0, 0.05) is 24.3 Å². The maximum Gasteiger partial charge on any atom is 0.408 e. The molecule has 0 radical (unpaired) electrons. The Morgan fingerprint density at radius 1 is 0.723 bits per heavy atom. The molecule has 0 heterocycles. The van der Waals surface area contributed by atoms with Crippen molar-refractivity contribution in [1.29, 1.82) is 0 Å². The molecule has 1 atom stereocenters. The summed E-state index contributed by atoms with van der Waals surface area (Å²) < 4.78 is 15.8. The fourth-order valence-electron chi connectivity index (χ4n) is 4.15. The third-order valence-electron chi connectivity index (χ3n) is 6.41. The van der Waals surface area contributed by atoms with Crippen LogP contribution in [0.5, 0.6) is 0 Å². The van der Waals surface area contributed by atoms with Gasteiger partial charge in [0.05, 0.1) is 6.42 Å². The Morgan fingerprint density at radius 2 is 1.36 bits per heavy atom. The molecule has 0 unspecified atom stereocenters. The first-order chi connectivity index (χ1) is 22.5. The number of benzene rings is 3. The zero-order valence-corrected chi connectivity index (χ0v) is 26.9. The second-order valence-corrected chi connectivity index (χ2v) is 11.6. The Labute approximate surface area is 274 Å². The summed E-state index contributed by atoms with van der Waals surface area (Å²) in [6, 6.07) is 23.8. The lowest BCUT2D eigenvalue weighted by Gasteiger charge is -2.23. The van der Waals surface area contributed by atoms with Crippen LogP contribution in [0.25, 0.3) is 0 Å². The smallest absolute Gasteiger partial charge is 0.408 e. The third kappa shape index (κ3) is 14.5. The van der Waals surface area contributed by atoms with E-state index in [1.807, 2.05) is 60.7 Å². The van der Waals surface area contributed by atoms with Crippen LogP contribution in [0, 0.1) is 0 Å². The number of esters is 1. The molecule has 250 valence electrons. The van der Waals surface area contributed by atoms with Gasteiger partial charge in [0.1, 0.15) is 24.9 Å². The normalized spacial score (nSPS) is 11.4. The molecule has 0 aliphatic carbocycles. The highest BCUT2D eigenvalue weighted by molar-refractivity contribution is 5.99. The first-order valence-electron chi connectivity index (χ1n) is 15.3. The molecular formula is C35H42N4O8. The van der Waals surface area contributed by atoms with Crippen LogP contribution in [0.4, 0.5) is 15.3 Å². The highest BCUT2D eigenvalue weighted by atomic mass is 16.6. The van der Waals surface area contributed by atoms with E-state index in [0.29, 0.717) is 12.1 Å². The van der Waals surface area contributed by atoms with E-state index in [1.54, 1.807) is 39.0 Å². The largest absolute Gasteiger partial charge is 0.461 e. The lowest BCUT2D eigenvalue weighted by Crippen LogP contribution is -2.46. The minimum absolute atomic E-state index is 0.00732. The third-order valence-corrected chi connectivity index (χ3v) is 6.41. The second-order valence-electron chi connectivity index (χ2n) is 11.6. The molecule has 12 nitrogen and oxygen atoms in total. The number of rotatable bonds is 15. The maximum atomic E-state index is 13.2. The molecule has 12 heteroatoms. The van der Waals surface area contributed by atoms with Gasteiger partial charge < -0.3 is 35.5 Å². The van der Waals surface area contributed by atoms with Gasteiger partial charge in [-0.05, 0) is 62.9 Å². The van der Waals surface area contributed by atoms with Crippen molar-refractivity contribution in [2.24, 2.45) is 0 Å². The number of nitrogens with one attached hydrogen (secondary N) is 4. The van der Waals surface area contributed by atoms with Gasteiger partial charge >= 0.3 is 18.2 Å². The molecule has 0 spiro atoms. The van der Waals surface area contributed by atoms with Crippen molar-refractivity contribution >= 4 is 35.7 Å². The molecule has 4 N–H and O–H groups in total. The van der Waals surface area contributed by atoms with Gasteiger partial charge in [-0.25, -0.2) is 9.59 Å². The van der Waals surface area contributed by atoms with E-state index < -0.39 is 41.6 Å². The zero-order chi connectivity index (χ0) is 34.1. The molecule has 3 rings (SSSR count). The minimum Gasteiger partial charge on any atom is -0.461 e. The van der Waals surface area contributed by atoms with Crippen LogP contribution >= 0.6 is 0 Å². The number of hydrogen-bond donors (Lipinski definition) is 4. The van der Waals surface area contributed by atoms with Crippen molar-refractivity contribution in [1.82, 2.24) is 16.0 Å². The van der Waals surface area contributed by atoms with Crippen molar-refractivity contribution in [2.45, 2.75) is 64.9 Å². The summed E-state index contributed by atoms with van der Waals surface area (Å²) in [4.78, 5) is 62.6. The first-order valence-corrected chi connectivity index (χ1v) is 15.3. The highest BCUT2D eigenvalue weighted by Gasteiger charge is 2.24. The number of hydrogen-bond acceptors (Lipinski definition) is 8. The zero-order valence-electron chi connectivity index (χ0n) is 26.9. The van der Waals surface area contributed by atoms with E-state index in [1.165, 1.54) is 6.07 Å². The summed E-state index contributed by atoms with van der Waals surface area (Å²) in [5.74, 6) is -1.43. The molecule has 0 aliphatic rings.